The van der Waals surface area contributed by atoms with E-state index < -0.39 is 0 Å². The number of aliphatic hydroxyl groups is 1. The summed E-state index contributed by atoms with van der Waals surface area (Å²) in [5.74, 6) is 1.81. The smallest absolute Gasteiger partial charge is 0.257 e. The highest BCUT2D eigenvalue weighted by atomic mass is 32.1. The third kappa shape index (κ3) is 4.06. The molecule has 0 spiro atoms. The van der Waals surface area contributed by atoms with Crippen molar-refractivity contribution < 1.29 is 9.84 Å². The largest absolute Gasteiger partial charge is 0.472 e. The number of benzene rings is 1. The second-order valence-electron chi connectivity index (χ2n) is 8.29. The summed E-state index contributed by atoms with van der Waals surface area (Å²) in [7, 11) is 0. The molecule has 2 fully saturated rings. The quantitative estimate of drug-likeness (QED) is 0.623. The average molecular weight is 426 g/mol. The molecule has 158 valence electrons. The highest BCUT2D eigenvalue weighted by Gasteiger charge is 2.33. The van der Waals surface area contributed by atoms with Gasteiger partial charge in [-0.05, 0) is 37.8 Å². The molecule has 1 aliphatic carbocycles. The molecule has 1 atom stereocenters. The van der Waals surface area contributed by atoms with Crippen molar-refractivity contribution >= 4 is 32.5 Å². The molecule has 1 unspecified atom stereocenters. The zero-order chi connectivity index (χ0) is 20.5. The van der Waals surface area contributed by atoms with Gasteiger partial charge in [0, 0.05) is 44.4 Å². The molecule has 2 N–H and O–H groups in total. The molecule has 1 saturated carbocycles. The zero-order valence-corrected chi connectivity index (χ0v) is 17.9. The topological polar surface area (TPSA) is 83.4 Å². The number of anilines is 2. The van der Waals surface area contributed by atoms with Crippen molar-refractivity contribution in [1.82, 2.24) is 15.0 Å². The van der Waals surface area contributed by atoms with Crippen molar-refractivity contribution in [2.45, 2.75) is 50.9 Å². The lowest BCUT2D eigenvalue weighted by Crippen LogP contribution is -2.43. The minimum absolute atomic E-state index is 0.141. The highest BCUT2D eigenvalue weighted by molar-refractivity contribution is 7.22. The maximum atomic E-state index is 9.84. The molecule has 8 heteroatoms. The average Bonchev–Trinajstić information content (AvgIpc) is 3.15. The molecular formula is C22H27N5O2S. The van der Waals surface area contributed by atoms with Crippen molar-refractivity contribution in [3.63, 3.8) is 0 Å². The van der Waals surface area contributed by atoms with E-state index in [0.717, 1.165) is 55.2 Å². The van der Waals surface area contributed by atoms with Gasteiger partial charge in [-0.1, -0.05) is 23.5 Å². The summed E-state index contributed by atoms with van der Waals surface area (Å²) in [5, 5.41) is 14.3. The summed E-state index contributed by atoms with van der Waals surface area (Å²) >= 11 is 1.69. The molecule has 2 aliphatic rings. The van der Waals surface area contributed by atoms with Crippen LogP contribution >= 0.6 is 11.3 Å². The zero-order valence-electron chi connectivity index (χ0n) is 17.1. The Labute approximate surface area is 180 Å². The summed E-state index contributed by atoms with van der Waals surface area (Å²) in [6.07, 6.45) is 7.09. The molecule has 0 amide bonds. The highest BCUT2D eigenvalue weighted by Crippen LogP contribution is 2.34. The van der Waals surface area contributed by atoms with Crippen LogP contribution in [-0.4, -0.2) is 51.4 Å². The number of nitrogens with zero attached hydrogens (tertiary/aromatic N) is 4. The number of aliphatic hydroxyl groups excluding tert-OH is 1. The maximum Gasteiger partial charge on any atom is 0.257 e. The van der Waals surface area contributed by atoms with Crippen LogP contribution in [0.25, 0.3) is 10.2 Å². The van der Waals surface area contributed by atoms with Crippen LogP contribution in [0.1, 0.15) is 32.6 Å². The van der Waals surface area contributed by atoms with E-state index in [1.807, 2.05) is 25.1 Å². The molecule has 2 aromatic heterocycles. The van der Waals surface area contributed by atoms with Crippen LogP contribution in [-0.2, 0) is 0 Å². The van der Waals surface area contributed by atoms with E-state index in [4.69, 9.17) is 4.74 Å². The van der Waals surface area contributed by atoms with E-state index >= 15 is 0 Å². The minimum atomic E-state index is -0.250. The van der Waals surface area contributed by atoms with Crippen LogP contribution < -0.4 is 15.0 Å². The number of para-hydroxylation sites is 1. The second kappa shape index (κ2) is 8.35. The molecule has 0 radical (unpaired) electrons. The number of aromatic nitrogens is 3. The van der Waals surface area contributed by atoms with Gasteiger partial charge in [-0.15, -0.1) is 0 Å². The van der Waals surface area contributed by atoms with Gasteiger partial charge in [-0.25, -0.2) is 15.0 Å². The number of rotatable bonds is 6. The molecule has 1 aliphatic heterocycles. The second-order valence-corrected chi connectivity index (χ2v) is 9.32. The van der Waals surface area contributed by atoms with Gasteiger partial charge in [0.15, 0.2) is 10.9 Å². The normalized spacial score (nSPS) is 23.2. The van der Waals surface area contributed by atoms with Crippen molar-refractivity contribution in [2.24, 2.45) is 5.92 Å². The summed E-state index contributed by atoms with van der Waals surface area (Å²) in [6, 6.07) is 8.58. The first-order chi connectivity index (χ1) is 14.7. The fraction of sp³-hybridized carbons (Fsp3) is 0.500. The van der Waals surface area contributed by atoms with E-state index in [1.165, 1.54) is 4.70 Å². The SMILES string of the molecule is CC(O)C1CCN(c2nccnc2O[C@H]2C[C@@H](Nc3nc4ccccc4s3)C2)CC1. The van der Waals surface area contributed by atoms with Crippen molar-refractivity contribution in [3.05, 3.63) is 36.7 Å². The molecule has 0 bridgehead atoms. The number of hydrogen-bond donors (Lipinski definition) is 2. The van der Waals surface area contributed by atoms with Crippen LogP contribution in [0.5, 0.6) is 5.88 Å². The monoisotopic (exact) mass is 425 g/mol. The van der Waals surface area contributed by atoms with Crippen LogP contribution in [0.15, 0.2) is 36.7 Å². The molecule has 3 aromatic rings. The number of fused-ring (bicyclic) bond motifs is 1. The van der Waals surface area contributed by atoms with E-state index in [0.29, 0.717) is 17.8 Å². The lowest BCUT2D eigenvalue weighted by Gasteiger charge is -2.37. The number of ether oxygens (including phenoxy) is 1. The molecule has 7 nitrogen and oxygen atoms in total. The van der Waals surface area contributed by atoms with Gasteiger partial charge in [0.1, 0.15) is 6.10 Å². The van der Waals surface area contributed by atoms with E-state index in [2.05, 4.69) is 31.2 Å². The first-order valence-corrected chi connectivity index (χ1v) is 11.5. The lowest BCUT2D eigenvalue weighted by molar-refractivity contribution is 0.101. The van der Waals surface area contributed by atoms with Crippen molar-refractivity contribution in [3.8, 4) is 5.88 Å². The first kappa shape index (κ1) is 19.5. The number of nitrogens with one attached hydrogen (secondary N) is 1. The Hall–Kier alpha value is -2.45. The molecular weight excluding hydrogens is 398 g/mol. The van der Waals surface area contributed by atoms with Crippen LogP contribution in [0.2, 0.25) is 0 Å². The van der Waals surface area contributed by atoms with E-state index in [1.54, 1.807) is 23.7 Å². The predicted molar refractivity (Wildman–Crippen MR) is 119 cm³/mol. The van der Waals surface area contributed by atoms with Gasteiger partial charge < -0.3 is 20.1 Å². The van der Waals surface area contributed by atoms with Gasteiger partial charge in [-0.3, -0.25) is 0 Å². The predicted octanol–water partition coefficient (Wildman–Crippen LogP) is 3.71. The molecule has 5 rings (SSSR count). The fourth-order valence-corrected chi connectivity index (χ4v) is 5.20. The van der Waals surface area contributed by atoms with Crippen LogP contribution in [0, 0.1) is 5.92 Å². The number of hydrogen-bond acceptors (Lipinski definition) is 8. The third-order valence-corrected chi connectivity index (χ3v) is 7.13. The minimum Gasteiger partial charge on any atom is -0.472 e. The molecule has 3 heterocycles. The number of piperidine rings is 1. The van der Waals surface area contributed by atoms with E-state index in [9.17, 15) is 5.11 Å². The Balaban J connectivity index is 1.17. The molecule has 1 aromatic carbocycles. The third-order valence-electron chi connectivity index (χ3n) is 6.16. The molecule has 30 heavy (non-hydrogen) atoms. The standard InChI is InChI=1S/C22H27N5O2S/c1-14(28)15-6-10-27(11-7-15)20-21(24-9-8-23-20)29-17-12-16(13-17)25-22-26-18-4-2-3-5-19(18)30-22/h2-5,8-9,14-17,28H,6-7,10-13H2,1H3,(H,25,26)/t14?,16-,17+. The summed E-state index contributed by atoms with van der Waals surface area (Å²) in [5.41, 5.74) is 1.04. The number of thiazole rings is 1. The Morgan fingerprint density at radius 2 is 1.93 bits per heavy atom. The Kier molecular flexibility index (Phi) is 5.43. The van der Waals surface area contributed by atoms with E-state index in [-0.39, 0.29) is 12.2 Å². The van der Waals surface area contributed by atoms with Crippen molar-refractivity contribution in [1.29, 1.82) is 0 Å². The summed E-state index contributed by atoms with van der Waals surface area (Å²) in [4.78, 5) is 15.9. The van der Waals surface area contributed by atoms with Crippen LogP contribution in [0.4, 0.5) is 10.9 Å². The first-order valence-electron chi connectivity index (χ1n) is 10.7. The Bertz CT molecular complexity index is 963. The van der Waals surface area contributed by atoms with Gasteiger partial charge in [0.05, 0.1) is 16.3 Å². The van der Waals surface area contributed by atoms with Gasteiger partial charge in [0.2, 0.25) is 0 Å². The maximum absolute atomic E-state index is 9.84. The Morgan fingerprint density at radius 3 is 2.70 bits per heavy atom. The van der Waals surface area contributed by atoms with Gasteiger partial charge >= 0.3 is 0 Å². The molecule has 1 saturated heterocycles. The summed E-state index contributed by atoms with van der Waals surface area (Å²) < 4.78 is 7.42. The van der Waals surface area contributed by atoms with Gasteiger partial charge in [-0.2, -0.15) is 0 Å². The fourth-order valence-electron chi connectivity index (χ4n) is 4.26. The van der Waals surface area contributed by atoms with Crippen molar-refractivity contribution in [2.75, 3.05) is 23.3 Å². The van der Waals surface area contributed by atoms with Crippen LogP contribution in [0.3, 0.4) is 0 Å². The summed E-state index contributed by atoms with van der Waals surface area (Å²) in [6.45, 7) is 3.63. The Morgan fingerprint density at radius 1 is 1.17 bits per heavy atom. The van der Waals surface area contributed by atoms with Gasteiger partial charge in [0.25, 0.3) is 5.88 Å². The lowest BCUT2D eigenvalue weighted by atomic mass is 9.89.